The fourth-order valence-electron chi connectivity index (χ4n) is 1.71. The van der Waals surface area contributed by atoms with Crippen LogP contribution in [0.2, 0.25) is 5.02 Å². The van der Waals surface area contributed by atoms with Gasteiger partial charge >= 0.3 is 0 Å². The number of nitrogens with one attached hydrogen (secondary N) is 1. The lowest BCUT2D eigenvalue weighted by atomic mass is 10.1. The second-order valence-electron chi connectivity index (χ2n) is 3.90. The van der Waals surface area contributed by atoms with Gasteiger partial charge in [0.05, 0.1) is 11.1 Å². The first-order chi connectivity index (χ1) is 8.52. The first-order valence-corrected chi connectivity index (χ1v) is 6.44. The van der Waals surface area contributed by atoms with E-state index in [4.69, 9.17) is 17.4 Å². The van der Waals surface area contributed by atoms with Crippen LogP contribution in [0.15, 0.2) is 23.6 Å². The number of hydrazine groups is 1. The van der Waals surface area contributed by atoms with Crippen molar-refractivity contribution < 1.29 is 8.78 Å². The van der Waals surface area contributed by atoms with Gasteiger partial charge in [-0.05, 0) is 35.6 Å². The fourth-order valence-corrected chi connectivity index (χ4v) is 3.10. The van der Waals surface area contributed by atoms with Crippen LogP contribution in [0.25, 0.3) is 0 Å². The molecule has 0 saturated carbocycles. The number of hydrogen-bond donors (Lipinski definition) is 2. The molecule has 0 fully saturated rings. The second-order valence-corrected chi connectivity index (χ2v) is 5.19. The van der Waals surface area contributed by atoms with Gasteiger partial charge in [0, 0.05) is 10.9 Å². The maximum Gasteiger partial charge on any atom is 0.126 e. The summed E-state index contributed by atoms with van der Waals surface area (Å²) in [4.78, 5) is 0.738. The molecule has 1 unspecified atom stereocenters. The van der Waals surface area contributed by atoms with E-state index in [1.807, 2.05) is 12.3 Å². The van der Waals surface area contributed by atoms with Gasteiger partial charge in [-0.3, -0.25) is 5.84 Å². The summed E-state index contributed by atoms with van der Waals surface area (Å²) in [5.74, 6) is 4.18. The summed E-state index contributed by atoms with van der Waals surface area (Å²) < 4.78 is 26.4. The lowest BCUT2D eigenvalue weighted by molar-refractivity contribution is 0.567. The van der Waals surface area contributed by atoms with Crippen molar-refractivity contribution in [2.75, 3.05) is 0 Å². The molecule has 0 bridgehead atoms. The normalized spacial score (nSPS) is 12.7. The van der Waals surface area contributed by atoms with E-state index >= 15 is 0 Å². The summed E-state index contributed by atoms with van der Waals surface area (Å²) in [5, 5.41) is 2.44. The molecular formula is C12H11ClF2N2S. The van der Waals surface area contributed by atoms with E-state index < -0.39 is 17.7 Å². The minimum Gasteiger partial charge on any atom is -0.271 e. The molecule has 1 atom stereocenters. The first-order valence-electron chi connectivity index (χ1n) is 5.18. The molecule has 0 radical (unpaired) electrons. The van der Waals surface area contributed by atoms with Gasteiger partial charge in [-0.2, -0.15) is 0 Å². The Labute approximate surface area is 112 Å². The van der Waals surface area contributed by atoms with E-state index in [1.54, 1.807) is 0 Å². The van der Waals surface area contributed by atoms with Gasteiger partial charge in [0.2, 0.25) is 0 Å². The molecule has 0 aliphatic rings. The number of benzene rings is 1. The average molecular weight is 289 g/mol. The molecule has 2 aromatic rings. The summed E-state index contributed by atoms with van der Waals surface area (Å²) in [5.41, 5.74) is 3.85. The van der Waals surface area contributed by atoms with Crippen molar-refractivity contribution in [1.82, 2.24) is 5.43 Å². The molecule has 1 aromatic carbocycles. The highest BCUT2D eigenvalue weighted by molar-refractivity contribution is 7.10. The Bertz CT molecular complexity index is 551. The number of thiophene rings is 1. The molecule has 1 aromatic heterocycles. The van der Waals surface area contributed by atoms with Crippen LogP contribution in [0.3, 0.4) is 0 Å². The number of halogens is 3. The third kappa shape index (κ3) is 2.54. The Morgan fingerprint density at radius 1 is 1.28 bits per heavy atom. The van der Waals surface area contributed by atoms with Crippen molar-refractivity contribution >= 4 is 22.9 Å². The van der Waals surface area contributed by atoms with Crippen LogP contribution in [0.1, 0.15) is 22.0 Å². The summed E-state index contributed by atoms with van der Waals surface area (Å²) in [7, 11) is 0. The van der Waals surface area contributed by atoms with Crippen LogP contribution in [0.5, 0.6) is 0 Å². The third-order valence-electron chi connectivity index (χ3n) is 2.57. The van der Waals surface area contributed by atoms with E-state index in [9.17, 15) is 8.78 Å². The third-order valence-corrected chi connectivity index (χ3v) is 4.35. The predicted molar refractivity (Wildman–Crippen MR) is 69.6 cm³/mol. The molecule has 2 rings (SSSR count). The maximum atomic E-state index is 13.2. The van der Waals surface area contributed by atoms with Gasteiger partial charge in [0.15, 0.2) is 0 Å². The van der Waals surface area contributed by atoms with Gasteiger partial charge in [-0.1, -0.05) is 11.6 Å². The quantitative estimate of drug-likeness (QED) is 0.670. The molecular weight excluding hydrogens is 278 g/mol. The van der Waals surface area contributed by atoms with Crippen LogP contribution in [0.4, 0.5) is 8.78 Å². The van der Waals surface area contributed by atoms with Crippen molar-refractivity contribution in [3.05, 3.63) is 56.2 Å². The van der Waals surface area contributed by atoms with E-state index in [1.165, 1.54) is 23.5 Å². The Balaban J connectivity index is 2.48. The van der Waals surface area contributed by atoms with Crippen molar-refractivity contribution in [3.8, 4) is 0 Å². The van der Waals surface area contributed by atoms with E-state index in [0.717, 1.165) is 16.5 Å². The average Bonchev–Trinajstić information content (AvgIpc) is 2.61. The smallest absolute Gasteiger partial charge is 0.126 e. The van der Waals surface area contributed by atoms with Crippen molar-refractivity contribution in [3.63, 3.8) is 0 Å². The van der Waals surface area contributed by atoms with Gasteiger partial charge in [0.1, 0.15) is 11.6 Å². The minimum absolute atomic E-state index is 0.402. The van der Waals surface area contributed by atoms with E-state index in [-0.39, 0.29) is 0 Å². The van der Waals surface area contributed by atoms with Crippen LogP contribution >= 0.6 is 22.9 Å². The summed E-state index contributed by atoms with van der Waals surface area (Å²) in [6.45, 7) is 1.86. The van der Waals surface area contributed by atoms with Gasteiger partial charge in [-0.15, -0.1) is 11.3 Å². The summed E-state index contributed by atoms with van der Waals surface area (Å²) in [6.07, 6.45) is 0. The molecule has 0 spiro atoms. The predicted octanol–water partition coefficient (Wildman–Crippen LogP) is 3.54. The van der Waals surface area contributed by atoms with Crippen molar-refractivity contribution in [2.45, 2.75) is 13.0 Å². The molecule has 1 heterocycles. The second kappa shape index (κ2) is 5.32. The molecule has 18 heavy (non-hydrogen) atoms. The zero-order valence-electron chi connectivity index (χ0n) is 9.51. The topological polar surface area (TPSA) is 38.0 Å². The van der Waals surface area contributed by atoms with Crippen LogP contribution < -0.4 is 11.3 Å². The molecule has 3 N–H and O–H groups in total. The Kier molecular flexibility index (Phi) is 3.97. The first kappa shape index (κ1) is 13.4. The maximum absolute atomic E-state index is 13.2. The monoisotopic (exact) mass is 288 g/mol. The van der Waals surface area contributed by atoms with Crippen LogP contribution in [0, 0.1) is 18.6 Å². The zero-order chi connectivity index (χ0) is 13.3. The highest BCUT2D eigenvalue weighted by atomic mass is 35.5. The zero-order valence-corrected chi connectivity index (χ0v) is 11.1. The molecule has 0 aliphatic carbocycles. The molecule has 0 amide bonds. The number of rotatable bonds is 3. The minimum atomic E-state index is -0.644. The van der Waals surface area contributed by atoms with Crippen molar-refractivity contribution in [1.29, 1.82) is 0 Å². The number of aryl methyl sites for hydroxylation is 1. The molecule has 2 nitrogen and oxygen atoms in total. The number of hydrogen-bond acceptors (Lipinski definition) is 3. The van der Waals surface area contributed by atoms with Crippen molar-refractivity contribution in [2.24, 2.45) is 5.84 Å². The molecule has 0 aliphatic heterocycles. The van der Waals surface area contributed by atoms with E-state index in [0.29, 0.717) is 10.6 Å². The number of nitrogens with two attached hydrogens (primary N) is 1. The SMILES string of the molecule is Cc1csc(C(NN)c2cc(F)cc(F)c2)c1Cl. The molecule has 0 saturated heterocycles. The molecule has 6 heteroatoms. The van der Waals surface area contributed by atoms with Gasteiger partial charge in [-0.25, -0.2) is 14.2 Å². The van der Waals surface area contributed by atoms with E-state index in [2.05, 4.69) is 5.43 Å². The Morgan fingerprint density at radius 2 is 1.89 bits per heavy atom. The highest BCUT2D eigenvalue weighted by Gasteiger charge is 2.20. The lowest BCUT2D eigenvalue weighted by Gasteiger charge is -2.15. The molecule has 96 valence electrons. The summed E-state index contributed by atoms with van der Waals surface area (Å²) >= 11 is 7.54. The standard InChI is InChI=1S/C12H11ClF2N2S/c1-6-5-18-12(10(6)13)11(17-16)7-2-8(14)4-9(15)3-7/h2-5,11,17H,16H2,1H3. The highest BCUT2D eigenvalue weighted by Crippen LogP contribution is 2.35. The van der Waals surface area contributed by atoms with Crippen LogP contribution in [-0.2, 0) is 0 Å². The van der Waals surface area contributed by atoms with Gasteiger partial charge in [0.25, 0.3) is 0 Å². The lowest BCUT2D eigenvalue weighted by Crippen LogP contribution is -2.28. The largest absolute Gasteiger partial charge is 0.271 e. The Hall–Kier alpha value is -1.01. The van der Waals surface area contributed by atoms with Gasteiger partial charge < -0.3 is 0 Å². The van der Waals surface area contributed by atoms with Crippen LogP contribution in [-0.4, -0.2) is 0 Å². The fraction of sp³-hybridized carbons (Fsp3) is 0.167. The summed E-state index contributed by atoms with van der Waals surface area (Å²) in [6, 6.07) is 2.76. The Morgan fingerprint density at radius 3 is 2.33 bits per heavy atom.